The molecule has 0 spiro atoms. The molecule has 3 atom stereocenters. The highest BCUT2D eigenvalue weighted by Gasteiger charge is 2.40. The van der Waals surface area contributed by atoms with E-state index in [2.05, 4.69) is 17.5 Å². The lowest BCUT2D eigenvalue weighted by atomic mass is 9.95. The molecule has 2 aliphatic rings. The maximum atomic E-state index is 12.3. The van der Waals surface area contributed by atoms with Crippen LogP contribution in [0.1, 0.15) is 39.5 Å². The molecule has 17 heavy (non-hydrogen) atoms. The Bertz CT molecular complexity index is 351. The molecule has 2 amide bonds. The van der Waals surface area contributed by atoms with E-state index in [1.165, 1.54) is 0 Å². The van der Waals surface area contributed by atoms with Gasteiger partial charge in [0.15, 0.2) is 0 Å². The molecular weight excluding hydrogens is 216 g/mol. The van der Waals surface area contributed by atoms with Crippen molar-refractivity contribution in [2.45, 2.75) is 57.7 Å². The van der Waals surface area contributed by atoms with Crippen LogP contribution in [0, 0.1) is 0 Å². The minimum absolute atomic E-state index is 0.0222. The van der Waals surface area contributed by atoms with Gasteiger partial charge >= 0.3 is 0 Å². The smallest absolute Gasteiger partial charge is 0.246 e. The van der Waals surface area contributed by atoms with Gasteiger partial charge in [-0.3, -0.25) is 9.59 Å². The molecule has 0 aromatic heterocycles. The van der Waals surface area contributed by atoms with Crippen molar-refractivity contribution in [3.63, 3.8) is 0 Å². The second kappa shape index (κ2) is 4.90. The van der Waals surface area contributed by atoms with Crippen molar-refractivity contribution in [1.29, 1.82) is 0 Å². The Morgan fingerprint density at radius 2 is 2.18 bits per heavy atom. The van der Waals surface area contributed by atoms with Gasteiger partial charge in [0.05, 0.1) is 0 Å². The molecule has 0 radical (unpaired) electrons. The van der Waals surface area contributed by atoms with E-state index in [1.807, 2.05) is 13.8 Å². The lowest BCUT2D eigenvalue weighted by Gasteiger charge is -2.42. The highest BCUT2D eigenvalue weighted by Crippen LogP contribution is 2.23. The molecule has 1 aliphatic heterocycles. The largest absolute Gasteiger partial charge is 0.343 e. The highest BCUT2D eigenvalue weighted by molar-refractivity contribution is 5.96. The molecule has 1 heterocycles. The van der Waals surface area contributed by atoms with Crippen LogP contribution < -0.4 is 5.32 Å². The molecule has 1 saturated heterocycles. The molecule has 4 nitrogen and oxygen atoms in total. The van der Waals surface area contributed by atoms with Crippen LogP contribution >= 0.6 is 0 Å². The van der Waals surface area contributed by atoms with E-state index in [9.17, 15) is 9.59 Å². The molecule has 0 saturated carbocycles. The van der Waals surface area contributed by atoms with Gasteiger partial charge in [0.1, 0.15) is 12.1 Å². The summed E-state index contributed by atoms with van der Waals surface area (Å²) < 4.78 is 0. The van der Waals surface area contributed by atoms with Gasteiger partial charge in [-0.05, 0) is 32.6 Å². The van der Waals surface area contributed by atoms with Crippen molar-refractivity contribution in [1.82, 2.24) is 10.2 Å². The van der Waals surface area contributed by atoms with E-state index in [-0.39, 0.29) is 29.9 Å². The maximum absolute atomic E-state index is 12.3. The number of nitrogens with zero attached hydrogens (tertiary/aromatic N) is 1. The second-order valence-corrected chi connectivity index (χ2v) is 4.83. The van der Waals surface area contributed by atoms with Crippen LogP contribution in [0.3, 0.4) is 0 Å². The van der Waals surface area contributed by atoms with Gasteiger partial charge in [-0.25, -0.2) is 0 Å². The minimum atomic E-state index is -0.332. The predicted molar refractivity (Wildman–Crippen MR) is 65.3 cm³/mol. The quantitative estimate of drug-likeness (QED) is 0.733. The average Bonchev–Trinajstić information content (AvgIpc) is 2.35. The van der Waals surface area contributed by atoms with Crippen molar-refractivity contribution < 1.29 is 9.59 Å². The Kier molecular flexibility index (Phi) is 3.50. The van der Waals surface area contributed by atoms with Gasteiger partial charge < -0.3 is 10.2 Å². The lowest BCUT2D eigenvalue weighted by Crippen LogP contribution is -2.64. The zero-order valence-electron chi connectivity index (χ0n) is 10.5. The normalized spacial score (nSPS) is 33.8. The van der Waals surface area contributed by atoms with Crippen LogP contribution in [0.5, 0.6) is 0 Å². The first-order chi connectivity index (χ1) is 8.15. The first-order valence-electron chi connectivity index (χ1n) is 6.42. The molecule has 0 aromatic rings. The molecule has 4 heteroatoms. The van der Waals surface area contributed by atoms with E-state index in [0.29, 0.717) is 6.42 Å². The summed E-state index contributed by atoms with van der Waals surface area (Å²) in [5.41, 5.74) is 0. The van der Waals surface area contributed by atoms with Gasteiger partial charge in [-0.1, -0.05) is 19.1 Å². The minimum Gasteiger partial charge on any atom is -0.343 e. The van der Waals surface area contributed by atoms with Gasteiger partial charge in [-0.15, -0.1) is 0 Å². The second-order valence-electron chi connectivity index (χ2n) is 4.83. The first kappa shape index (κ1) is 12.1. The van der Waals surface area contributed by atoms with Gasteiger partial charge in [0.2, 0.25) is 11.8 Å². The Morgan fingerprint density at radius 1 is 1.41 bits per heavy atom. The summed E-state index contributed by atoms with van der Waals surface area (Å²) in [7, 11) is 0. The number of nitrogens with one attached hydrogen (secondary N) is 1. The van der Waals surface area contributed by atoms with Crippen LogP contribution in [0.25, 0.3) is 0 Å². The molecule has 1 fully saturated rings. The lowest BCUT2D eigenvalue weighted by molar-refractivity contribution is -0.151. The van der Waals surface area contributed by atoms with E-state index in [1.54, 1.807) is 4.90 Å². The van der Waals surface area contributed by atoms with Crippen LogP contribution in [0.2, 0.25) is 0 Å². The number of carbonyl (C=O) groups excluding carboxylic acids is 2. The maximum Gasteiger partial charge on any atom is 0.246 e. The van der Waals surface area contributed by atoms with Crippen molar-refractivity contribution in [3.8, 4) is 0 Å². The fourth-order valence-corrected chi connectivity index (χ4v) is 2.65. The van der Waals surface area contributed by atoms with Gasteiger partial charge in [0.25, 0.3) is 0 Å². The molecule has 94 valence electrons. The van der Waals surface area contributed by atoms with E-state index < -0.39 is 0 Å². The van der Waals surface area contributed by atoms with Gasteiger partial charge in [-0.2, -0.15) is 0 Å². The third-order valence-electron chi connectivity index (χ3n) is 3.71. The number of hydrogen-bond donors (Lipinski definition) is 1. The third-order valence-corrected chi connectivity index (χ3v) is 3.71. The van der Waals surface area contributed by atoms with Crippen molar-refractivity contribution in [2.24, 2.45) is 0 Å². The summed E-state index contributed by atoms with van der Waals surface area (Å²) in [4.78, 5) is 25.9. The molecule has 1 N–H and O–H groups in total. The summed E-state index contributed by atoms with van der Waals surface area (Å²) >= 11 is 0. The third kappa shape index (κ3) is 2.21. The van der Waals surface area contributed by atoms with Crippen molar-refractivity contribution in [3.05, 3.63) is 12.2 Å². The molecule has 1 aliphatic carbocycles. The number of rotatable bonds is 2. The summed E-state index contributed by atoms with van der Waals surface area (Å²) in [6, 6.07) is -0.464. The standard InChI is InChI=1S/C13H20N2O2/c1-3-11-13(17)15(9(2)12(16)14-11)10-7-5-4-6-8-10/h4-5,9-11H,3,6-8H2,1-2H3,(H,14,16). The molecule has 3 unspecified atom stereocenters. The van der Waals surface area contributed by atoms with Gasteiger partial charge in [0, 0.05) is 6.04 Å². The topological polar surface area (TPSA) is 49.4 Å². The molecule has 2 rings (SSSR count). The first-order valence-corrected chi connectivity index (χ1v) is 6.42. The summed E-state index contributed by atoms with van der Waals surface area (Å²) in [6.45, 7) is 3.75. The molecule has 0 bridgehead atoms. The highest BCUT2D eigenvalue weighted by atomic mass is 16.2. The van der Waals surface area contributed by atoms with E-state index in [0.717, 1.165) is 19.3 Å². The van der Waals surface area contributed by atoms with E-state index in [4.69, 9.17) is 0 Å². The van der Waals surface area contributed by atoms with Crippen molar-refractivity contribution >= 4 is 11.8 Å². The molecule has 0 aromatic carbocycles. The number of amides is 2. The average molecular weight is 236 g/mol. The summed E-state index contributed by atoms with van der Waals surface area (Å²) in [6.07, 6.45) is 7.76. The van der Waals surface area contributed by atoms with Crippen molar-refractivity contribution in [2.75, 3.05) is 0 Å². The zero-order chi connectivity index (χ0) is 12.4. The summed E-state index contributed by atoms with van der Waals surface area (Å²) in [5, 5.41) is 2.79. The number of allylic oxidation sites excluding steroid dienone is 1. The van der Waals surface area contributed by atoms with Crippen LogP contribution in [0.15, 0.2) is 12.2 Å². The SMILES string of the molecule is CCC1NC(=O)C(C)N(C2CC=CCC2)C1=O. The molecular formula is C13H20N2O2. The van der Waals surface area contributed by atoms with E-state index >= 15 is 0 Å². The van der Waals surface area contributed by atoms with Crippen LogP contribution in [-0.2, 0) is 9.59 Å². The summed E-state index contributed by atoms with van der Waals surface area (Å²) in [5.74, 6) is 0.0610. The predicted octanol–water partition coefficient (Wildman–Crippen LogP) is 1.22. The Morgan fingerprint density at radius 3 is 2.76 bits per heavy atom. The van der Waals surface area contributed by atoms with Crippen LogP contribution in [-0.4, -0.2) is 34.8 Å². The fraction of sp³-hybridized carbons (Fsp3) is 0.692. The zero-order valence-corrected chi connectivity index (χ0v) is 10.5. The Balaban J connectivity index is 2.19. The Labute approximate surface area is 102 Å². The fourth-order valence-electron chi connectivity index (χ4n) is 2.65. The number of hydrogen-bond acceptors (Lipinski definition) is 2. The number of carbonyl (C=O) groups is 2. The van der Waals surface area contributed by atoms with Crippen LogP contribution in [0.4, 0.5) is 0 Å². The Hall–Kier alpha value is -1.32. The monoisotopic (exact) mass is 236 g/mol. The number of piperazine rings is 1.